The Balaban J connectivity index is 5.79. The molecule has 17 heavy (non-hydrogen) atoms. The summed E-state index contributed by atoms with van der Waals surface area (Å²) in [5, 5.41) is 0. The molecule has 0 fully saturated rings. The predicted molar refractivity (Wildman–Crippen MR) is 125 cm³/mol. The summed E-state index contributed by atoms with van der Waals surface area (Å²) in [6.07, 6.45) is 0. The average Bonchev–Trinajstić information content (AvgIpc) is 2.30. The monoisotopic (exact) mass is 544 g/mol. The lowest BCUT2D eigenvalue weighted by Gasteiger charge is -1.41. The highest BCUT2D eigenvalue weighted by atomic mass is 33.5. The Morgan fingerprint density at radius 1 is 0.529 bits per heavy atom. The van der Waals surface area contributed by atoms with Gasteiger partial charge in [-0.2, -0.15) is 0 Å². The molecular weight excluding hydrogens is 545 g/mol. The lowest BCUT2D eigenvalue weighted by atomic mass is 30.7. The quantitative estimate of drug-likeness (QED) is 0.420. The van der Waals surface area contributed by atoms with Crippen molar-refractivity contribution < 1.29 is 0 Å². The lowest BCUT2D eigenvalue weighted by molar-refractivity contribution is 5.96. The van der Waals surface area contributed by atoms with Crippen LogP contribution in [0.2, 0.25) is 0 Å². The molecule has 0 aliphatic carbocycles. The summed E-state index contributed by atoms with van der Waals surface area (Å²) in [5.74, 6) is 0. The molecule has 0 radical (unpaired) electrons. The standard InChI is InChI=1S/S17/c1-4-5-6-7-8-9-10-11-12-13-14-15-16-17(2)3. The van der Waals surface area contributed by atoms with Gasteiger partial charge in [0, 0.05) is 156 Å². The molecule has 0 aliphatic rings. The number of hydrogen-bond donors (Lipinski definition) is 0. The van der Waals surface area contributed by atoms with Crippen molar-refractivity contribution in [3.05, 3.63) is 0 Å². The Labute approximate surface area is 152 Å². The molecule has 0 heterocycles. The fraction of sp³-hybridized carbons (Fsp3) is 0. The fourth-order valence-electron chi connectivity index (χ4n) is 0.147. The van der Waals surface area contributed by atoms with Gasteiger partial charge in [-0.15, -0.1) is 0 Å². The second kappa shape index (κ2) is 17.8. The summed E-state index contributed by atoms with van der Waals surface area (Å²) in [4.78, 5) is 0. The van der Waals surface area contributed by atoms with Crippen LogP contribution in [-0.2, 0) is 156 Å². The van der Waals surface area contributed by atoms with Crippen molar-refractivity contribution in [2.75, 3.05) is 0 Å². The first-order valence-corrected chi connectivity index (χ1v) is 24.0. The molecule has 0 atom stereocenters. The van der Waals surface area contributed by atoms with E-state index in [2.05, 4.69) is 0 Å². The van der Waals surface area contributed by atoms with Crippen LogP contribution < -0.4 is 0 Å². The van der Waals surface area contributed by atoms with Gasteiger partial charge in [-0.3, -0.25) is 0 Å². The predicted octanol–water partition coefficient (Wildman–Crippen LogP) is -0.0408. The van der Waals surface area contributed by atoms with Crippen molar-refractivity contribution in [2.24, 2.45) is 0 Å². The van der Waals surface area contributed by atoms with Gasteiger partial charge in [-0.25, -0.2) is 0 Å². The van der Waals surface area contributed by atoms with E-state index in [9.17, 15) is 0 Å². The average molecular weight is 545 g/mol. The molecule has 0 N–H and O–H groups in total. The molecule has 0 aliphatic heterocycles. The van der Waals surface area contributed by atoms with Crippen molar-refractivity contribution in [3.63, 3.8) is 0 Å². The SMILES string of the molecule is S=S=S=S=S=S=S=S=S=S=S=S=S=S=S(=S)=S. The van der Waals surface area contributed by atoms with Gasteiger partial charge in [0.2, 0.25) is 0 Å². The van der Waals surface area contributed by atoms with Gasteiger partial charge in [-0.1, -0.05) is 0 Å². The van der Waals surface area contributed by atoms with Crippen LogP contribution in [0.5, 0.6) is 0 Å². The zero-order valence-corrected chi connectivity index (χ0v) is 20.8. The van der Waals surface area contributed by atoms with E-state index in [1.165, 1.54) is 8.88 Å². The Bertz CT molecular complexity index is 874. The first-order valence-electron chi connectivity index (χ1n) is 2.67. The van der Waals surface area contributed by atoms with Crippen LogP contribution in [0.4, 0.5) is 0 Å². The summed E-state index contributed by atoms with van der Waals surface area (Å²) >= 11 is 14.5. The molecule has 0 nitrogen and oxygen atoms in total. The normalized spacial score (nSPS) is 7.53. The van der Waals surface area contributed by atoms with Crippen LogP contribution in [0.25, 0.3) is 0 Å². The molecular formula is S17. The highest BCUT2D eigenvalue weighted by Crippen LogP contribution is 1.42. The lowest BCUT2D eigenvalue weighted by Crippen LogP contribution is -1.41. The van der Waals surface area contributed by atoms with E-state index in [0.717, 1.165) is 0 Å². The molecule has 0 aromatic carbocycles. The van der Waals surface area contributed by atoms with E-state index in [4.69, 9.17) is 33.6 Å². The second-order valence-electron chi connectivity index (χ2n) is 1.09. The zero-order chi connectivity index (χ0) is 12.8. The maximum absolute atomic E-state index is 4.88. The van der Waals surface area contributed by atoms with Crippen LogP contribution in [0.1, 0.15) is 0 Å². The first kappa shape index (κ1) is 20.7. The van der Waals surface area contributed by atoms with Gasteiger partial charge in [0.05, 0.1) is 0 Å². The molecule has 0 saturated heterocycles. The Kier molecular flexibility index (Phi) is 21.7. The van der Waals surface area contributed by atoms with E-state index in [1.54, 1.807) is 107 Å². The third-order valence-electron chi connectivity index (χ3n) is 0.389. The topological polar surface area (TPSA) is 0 Å². The van der Waals surface area contributed by atoms with Gasteiger partial charge >= 0.3 is 0 Å². The summed E-state index contributed by atoms with van der Waals surface area (Å²) in [7, 11) is 21.9. The minimum absolute atomic E-state index is 0.363. The van der Waals surface area contributed by atoms with Crippen LogP contribution in [0.3, 0.4) is 0 Å². The maximum atomic E-state index is 4.88. The van der Waals surface area contributed by atoms with Crippen LogP contribution in [-0.4, -0.2) is 0 Å². The van der Waals surface area contributed by atoms with Crippen molar-refractivity contribution >= 4 is 156 Å². The minimum Gasteiger partial charge on any atom is 0 e. The molecule has 17 heteroatoms. The molecule has 0 amide bonds. The van der Waals surface area contributed by atoms with Gasteiger partial charge in [0.25, 0.3) is 0 Å². The van der Waals surface area contributed by atoms with Gasteiger partial charge < -0.3 is 0 Å². The van der Waals surface area contributed by atoms with Crippen molar-refractivity contribution in [2.45, 2.75) is 0 Å². The summed E-state index contributed by atoms with van der Waals surface area (Å²) in [6.45, 7) is -0.363. The molecule has 0 aromatic heterocycles. The summed E-state index contributed by atoms with van der Waals surface area (Å²) < 4.78 is 0. The van der Waals surface area contributed by atoms with Crippen LogP contribution in [0, 0.1) is 0 Å². The van der Waals surface area contributed by atoms with E-state index < -0.39 is 0 Å². The Morgan fingerprint density at radius 2 is 0.882 bits per heavy atom. The van der Waals surface area contributed by atoms with Crippen molar-refractivity contribution in [1.29, 1.82) is 0 Å². The second-order valence-corrected chi connectivity index (χ2v) is 29.4. The van der Waals surface area contributed by atoms with Gasteiger partial charge in [-0.05, 0) is 0 Å². The largest absolute Gasteiger partial charge is 0 e. The highest BCUT2D eigenvalue weighted by molar-refractivity contribution is 8.78. The highest BCUT2D eigenvalue weighted by Gasteiger charge is 1.42. The molecule has 0 bridgehead atoms. The Morgan fingerprint density at radius 3 is 1.24 bits per heavy atom. The molecule has 0 unspecified atom stereocenters. The first-order chi connectivity index (χ1) is 8.27. The zero-order valence-electron chi connectivity index (χ0n) is 6.94. The van der Waals surface area contributed by atoms with Crippen LogP contribution >= 0.6 is 0 Å². The smallest absolute Gasteiger partial charge is 0 e. The van der Waals surface area contributed by atoms with E-state index in [0.29, 0.717) is 0 Å². The van der Waals surface area contributed by atoms with Crippen molar-refractivity contribution in [3.8, 4) is 0 Å². The van der Waals surface area contributed by atoms with E-state index in [1.807, 2.05) is 0 Å². The van der Waals surface area contributed by atoms with E-state index in [-0.39, 0.29) is 6.57 Å². The van der Waals surface area contributed by atoms with Crippen molar-refractivity contribution in [1.82, 2.24) is 0 Å². The van der Waals surface area contributed by atoms with E-state index >= 15 is 0 Å². The molecule has 0 rings (SSSR count). The Hall–Kier alpha value is 3.74. The number of hydrogen-bond acceptors (Lipinski definition) is 3. The molecule has 0 aromatic rings. The minimum atomic E-state index is -0.363. The van der Waals surface area contributed by atoms with Gasteiger partial charge in [0.1, 0.15) is 0 Å². The van der Waals surface area contributed by atoms with Crippen LogP contribution in [0.15, 0.2) is 0 Å². The van der Waals surface area contributed by atoms with Gasteiger partial charge in [0.15, 0.2) is 0 Å². The molecule has 0 saturated carbocycles. The maximum Gasteiger partial charge on any atom is 0 e. The third-order valence-corrected chi connectivity index (χ3v) is 31.5. The summed E-state index contributed by atoms with van der Waals surface area (Å²) in [6, 6.07) is 0. The number of rotatable bonds is 0. The summed E-state index contributed by atoms with van der Waals surface area (Å²) in [5.41, 5.74) is 0. The molecule has 102 valence electrons. The fourth-order valence-corrected chi connectivity index (χ4v) is 35.8. The third kappa shape index (κ3) is 19.7. The molecule has 0 spiro atoms.